The minimum atomic E-state index is -0.00840. The normalized spacial score (nSPS) is 10.7. The first kappa shape index (κ1) is 13.1. The first-order chi connectivity index (χ1) is 8.75. The van der Waals surface area contributed by atoms with Gasteiger partial charge in [0.25, 0.3) is 0 Å². The van der Waals surface area contributed by atoms with Crippen molar-refractivity contribution in [3.63, 3.8) is 0 Å². The Bertz CT molecular complexity index is 552. The molecule has 0 aliphatic rings. The number of hydrogen-bond donors (Lipinski definition) is 0. The molecule has 0 fully saturated rings. The highest BCUT2D eigenvalue weighted by Crippen LogP contribution is 2.16. The summed E-state index contributed by atoms with van der Waals surface area (Å²) in [5, 5.41) is 2.63. The summed E-state index contributed by atoms with van der Waals surface area (Å²) < 4.78 is 0.964. The zero-order valence-electron chi connectivity index (χ0n) is 9.42. The minimum Gasteiger partial charge on any atom is -0.289 e. The summed E-state index contributed by atoms with van der Waals surface area (Å²) in [5.74, 6) is -0.00840. The van der Waals surface area contributed by atoms with Crippen molar-refractivity contribution in [2.45, 2.75) is 5.03 Å². The molecule has 1 aromatic heterocycles. The van der Waals surface area contributed by atoms with Crippen molar-refractivity contribution in [2.24, 2.45) is 0 Å². The SMILES string of the molecule is O=C(/C=C\Sc1ccccn1)c1ccc(Br)cc1. The summed E-state index contributed by atoms with van der Waals surface area (Å²) in [5.41, 5.74) is 0.677. The average molecular weight is 320 g/mol. The molecule has 1 heterocycles. The van der Waals surface area contributed by atoms with Crippen LogP contribution >= 0.6 is 27.7 Å². The molecule has 4 heteroatoms. The van der Waals surface area contributed by atoms with Gasteiger partial charge in [0.05, 0.1) is 0 Å². The number of ketones is 1. The van der Waals surface area contributed by atoms with Gasteiger partial charge in [0.1, 0.15) is 5.03 Å². The zero-order valence-corrected chi connectivity index (χ0v) is 11.8. The number of halogens is 1. The van der Waals surface area contributed by atoms with Crippen molar-refractivity contribution in [1.29, 1.82) is 0 Å². The maximum atomic E-state index is 11.8. The van der Waals surface area contributed by atoms with Crippen LogP contribution in [0, 0.1) is 0 Å². The molecule has 18 heavy (non-hydrogen) atoms. The number of carbonyl (C=O) groups is 1. The van der Waals surface area contributed by atoms with E-state index in [1.165, 1.54) is 11.8 Å². The molecular weight excluding hydrogens is 310 g/mol. The first-order valence-corrected chi connectivity index (χ1v) is 6.97. The molecular formula is C14H10BrNOS. The van der Waals surface area contributed by atoms with E-state index in [4.69, 9.17) is 0 Å². The van der Waals surface area contributed by atoms with Crippen LogP contribution in [-0.2, 0) is 0 Å². The van der Waals surface area contributed by atoms with Crippen molar-refractivity contribution < 1.29 is 4.79 Å². The standard InChI is InChI=1S/C14H10BrNOS/c15-12-6-4-11(5-7-12)13(17)8-10-18-14-3-1-2-9-16-14/h1-10H/b10-8-. The Balaban J connectivity index is 1.97. The lowest BCUT2D eigenvalue weighted by Crippen LogP contribution is -1.92. The van der Waals surface area contributed by atoms with Gasteiger partial charge in [-0.2, -0.15) is 0 Å². The van der Waals surface area contributed by atoms with E-state index in [0.29, 0.717) is 5.56 Å². The molecule has 0 radical (unpaired) electrons. The van der Waals surface area contributed by atoms with E-state index < -0.39 is 0 Å². The summed E-state index contributed by atoms with van der Waals surface area (Å²) >= 11 is 4.76. The number of aromatic nitrogens is 1. The van der Waals surface area contributed by atoms with Crippen LogP contribution in [-0.4, -0.2) is 10.8 Å². The monoisotopic (exact) mass is 319 g/mol. The number of hydrogen-bond acceptors (Lipinski definition) is 3. The summed E-state index contributed by atoms with van der Waals surface area (Å²) in [7, 11) is 0. The molecule has 2 rings (SSSR count). The molecule has 0 amide bonds. The average Bonchev–Trinajstić information content (AvgIpc) is 2.40. The van der Waals surface area contributed by atoms with Crippen molar-refractivity contribution in [2.75, 3.05) is 0 Å². The highest BCUT2D eigenvalue weighted by Gasteiger charge is 2.00. The van der Waals surface area contributed by atoms with Crippen LogP contribution in [0.5, 0.6) is 0 Å². The van der Waals surface area contributed by atoms with E-state index >= 15 is 0 Å². The van der Waals surface area contributed by atoms with Gasteiger partial charge in [0, 0.05) is 16.2 Å². The minimum absolute atomic E-state index is 0.00840. The molecule has 0 bridgehead atoms. The molecule has 0 aliphatic carbocycles. The van der Waals surface area contributed by atoms with Gasteiger partial charge in [-0.05, 0) is 47.9 Å². The van der Waals surface area contributed by atoms with Crippen molar-refractivity contribution in [3.8, 4) is 0 Å². The van der Waals surface area contributed by atoms with E-state index in [9.17, 15) is 4.79 Å². The number of allylic oxidation sites excluding steroid dienone is 1. The van der Waals surface area contributed by atoms with Gasteiger partial charge in [-0.15, -0.1) is 0 Å². The van der Waals surface area contributed by atoms with Crippen molar-refractivity contribution in [1.82, 2.24) is 4.98 Å². The van der Waals surface area contributed by atoms with Crippen LogP contribution in [0.2, 0.25) is 0 Å². The molecule has 0 unspecified atom stereocenters. The Kier molecular flexibility index (Phi) is 4.73. The van der Waals surface area contributed by atoms with Crippen LogP contribution in [0.25, 0.3) is 0 Å². The Morgan fingerprint density at radius 3 is 2.61 bits per heavy atom. The lowest BCUT2D eigenvalue weighted by Gasteiger charge is -1.96. The number of carbonyl (C=O) groups excluding carboxylic acids is 1. The van der Waals surface area contributed by atoms with E-state index in [2.05, 4.69) is 20.9 Å². The fourth-order valence-electron chi connectivity index (χ4n) is 1.29. The predicted octanol–water partition coefficient (Wildman–Crippen LogP) is 4.33. The molecule has 90 valence electrons. The van der Waals surface area contributed by atoms with Gasteiger partial charge in [-0.25, -0.2) is 4.98 Å². The topological polar surface area (TPSA) is 30.0 Å². The largest absolute Gasteiger partial charge is 0.289 e. The fourth-order valence-corrected chi connectivity index (χ4v) is 2.17. The van der Waals surface area contributed by atoms with Crippen LogP contribution in [0.15, 0.2) is 69.6 Å². The number of benzene rings is 1. The van der Waals surface area contributed by atoms with Gasteiger partial charge >= 0.3 is 0 Å². The molecule has 1 aromatic carbocycles. The van der Waals surface area contributed by atoms with Crippen LogP contribution in [0.1, 0.15) is 10.4 Å². The van der Waals surface area contributed by atoms with Crippen LogP contribution in [0.4, 0.5) is 0 Å². The molecule has 0 N–H and O–H groups in total. The molecule has 0 saturated carbocycles. The molecule has 0 saturated heterocycles. The van der Waals surface area contributed by atoms with E-state index in [0.717, 1.165) is 9.50 Å². The van der Waals surface area contributed by atoms with Gasteiger partial charge in [0.2, 0.25) is 0 Å². The highest BCUT2D eigenvalue weighted by atomic mass is 79.9. The van der Waals surface area contributed by atoms with Crippen molar-refractivity contribution >= 4 is 33.5 Å². The third-order valence-electron chi connectivity index (χ3n) is 2.17. The second-order valence-electron chi connectivity index (χ2n) is 3.46. The van der Waals surface area contributed by atoms with Gasteiger partial charge in [-0.1, -0.05) is 33.8 Å². The Hall–Kier alpha value is -1.39. The molecule has 0 atom stereocenters. The van der Waals surface area contributed by atoms with Gasteiger partial charge in [0.15, 0.2) is 5.78 Å². The summed E-state index contributed by atoms with van der Waals surface area (Å²) in [6.45, 7) is 0. The number of thioether (sulfide) groups is 1. The van der Waals surface area contributed by atoms with E-state index in [1.807, 2.05) is 30.3 Å². The fraction of sp³-hybridized carbons (Fsp3) is 0. The Labute approximate surface area is 118 Å². The smallest absolute Gasteiger partial charge is 0.186 e. The second-order valence-corrected chi connectivity index (χ2v) is 5.30. The van der Waals surface area contributed by atoms with Gasteiger partial charge in [-0.3, -0.25) is 4.79 Å². The molecule has 0 spiro atoms. The lowest BCUT2D eigenvalue weighted by atomic mass is 10.1. The summed E-state index contributed by atoms with van der Waals surface area (Å²) in [6.07, 6.45) is 3.29. The quantitative estimate of drug-likeness (QED) is 0.477. The molecule has 2 aromatic rings. The zero-order chi connectivity index (χ0) is 12.8. The number of rotatable bonds is 4. The van der Waals surface area contributed by atoms with Crippen molar-refractivity contribution in [3.05, 3.63) is 70.2 Å². The second kappa shape index (κ2) is 6.52. The van der Waals surface area contributed by atoms with Crippen LogP contribution in [0.3, 0.4) is 0 Å². The lowest BCUT2D eigenvalue weighted by molar-refractivity contribution is 0.104. The third-order valence-corrected chi connectivity index (χ3v) is 3.46. The highest BCUT2D eigenvalue weighted by molar-refractivity contribution is 9.10. The summed E-state index contributed by atoms with van der Waals surface area (Å²) in [6, 6.07) is 13.0. The van der Waals surface area contributed by atoms with Crippen LogP contribution < -0.4 is 0 Å². The van der Waals surface area contributed by atoms with E-state index in [-0.39, 0.29) is 5.78 Å². The first-order valence-electron chi connectivity index (χ1n) is 5.30. The maximum absolute atomic E-state index is 11.8. The summed E-state index contributed by atoms with van der Waals surface area (Å²) in [4.78, 5) is 16.0. The number of nitrogens with zero attached hydrogens (tertiary/aromatic N) is 1. The maximum Gasteiger partial charge on any atom is 0.186 e. The molecule has 2 nitrogen and oxygen atoms in total. The Morgan fingerprint density at radius 1 is 1.17 bits per heavy atom. The van der Waals surface area contributed by atoms with Gasteiger partial charge < -0.3 is 0 Å². The van der Waals surface area contributed by atoms with E-state index in [1.54, 1.807) is 29.8 Å². The Morgan fingerprint density at radius 2 is 1.94 bits per heavy atom. The number of pyridine rings is 1. The molecule has 0 aliphatic heterocycles. The third kappa shape index (κ3) is 3.82. The predicted molar refractivity (Wildman–Crippen MR) is 77.7 cm³/mol.